The number of aliphatic carboxylic acids is 1. The van der Waals surface area contributed by atoms with Crippen molar-refractivity contribution < 1.29 is 9.90 Å². The van der Waals surface area contributed by atoms with Crippen molar-refractivity contribution in [2.24, 2.45) is 17.0 Å². The first kappa shape index (κ1) is 20.6. The molecule has 1 aromatic rings. The van der Waals surface area contributed by atoms with Crippen molar-refractivity contribution in [3.8, 4) is 0 Å². The molecule has 25 heavy (non-hydrogen) atoms. The van der Waals surface area contributed by atoms with Gasteiger partial charge < -0.3 is 10.4 Å². The molecule has 0 saturated heterocycles. The van der Waals surface area contributed by atoms with Crippen molar-refractivity contribution >= 4 is 17.4 Å². The van der Waals surface area contributed by atoms with E-state index in [0.717, 1.165) is 18.8 Å². The fraction of sp³-hybridized carbons (Fsp3) is 0.500. The van der Waals surface area contributed by atoms with E-state index in [1.54, 1.807) is 0 Å². The van der Waals surface area contributed by atoms with Crippen LogP contribution in [0.2, 0.25) is 0 Å². The highest BCUT2D eigenvalue weighted by atomic mass is 16.4. The van der Waals surface area contributed by atoms with E-state index in [-0.39, 0.29) is 18.2 Å². The van der Waals surface area contributed by atoms with Crippen LogP contribution >= 0.6 is 0 Å². The Morgan fingerprint density at radius 1 is 1.44 bits per heavy atom. The fourth-order valence-electron chi connectivity index (χ4n) is 2.45. The van der Waals surface area contributed by atoms with E-state index >= 15 is 0 Å². The molecule has 0 aromatic carbocycles. The zero-order valence-corrected chi connectivity index (χ0v) is 15.0. The zero-order chi connectivity index (χ0) is 18.8. The predicted molar refractivity (Wildman–Crippen MR) is 97.9 cm³/mol. The molecule has 1 aliphatic heterocycles. The normalized spacial score (nSPS) is 14.3. The summed E-state index contributed by atoms with van der Waals surface area (Å²) in [4.78, 5) is 15.0. The molecule has 4 N–H and O–H groups in total. The molecule has 0 fully saturated rings. The molecule has 0 spiro atoms. The molecule has 136 valence electrons. The summed E-state index contributed by atoms with van der Waals surface area (Å²) in [6, 6.07) is 4.18. The number of amidine groups is 1. The van der Waals surface area contributed by atoms with E-state index in [9.17, 15) is 4.79 Å². The lowest BCUT2D eigenvalue weighted by Gasteiger charge is -2.12. The Hall–Kier alpha value is -2.41. The summed E-state index contributed by atoms with van der Waals surface area (Å²) in [5.41, 5.74) is 10.2. The van der Waals surface area contributed by atoms with Gasteiger partial charge in [-0.1, -0.05) is 26.0 Å². The van der Waals surface area contributed by atoms with Gasteiger partial charge in [-0.05, 0) is 36.5 Å². The van der Waals surface area contributed by atoms with Crippen LogP contribution in [-0.4, -0.2) is 35.0 Å². The lowest BCUT2D eigenvalue weighted by molar-refractivity contribution is -0.142. The molecule has 2 heterocycles. The molecule has 0 radical (unpaired) electrons. The number of hydrogen-bond acceptors (Lipinski definition) is 5. The molecule has 0 unspecified atom stereocenters. The van der Waals surface area contributed by atoms with E-state index in [1.165, 1.54) is 11.1 Å². The highest BCUT2D eigenvalue weighted by Crippen LogP contribution is 2.16. The monoisotopic (exact) mass is 345 g/mol. The maximum absolute atomic E-state index is 10.7. The largest absolute Gasteiger partial charge is 0.481 e. The smallest absolute Gasteiger partial charge is 0.306 e. The van der Waals surface area contributed by atoms with Crippen LogP contribution in [0, 0.1) is 29.7 Å². The van der Waals surface area contributed by atoms with Crippen molar-refractivity contribution in [2.75, 3.05) is 13.1 Å². The maximum Gasteiger partial charge on any atom is 0.306 e. The summed E-state index contributed by atoms with van der Waals surface area (Å²) < 4.78 is 0. The van der Waals surface area contributed by atoms with Gasteiger partial charge in [0.25, 0.3) is 0 Å². The molecule has 2 rings (SSSR count). The number of hydrogen-bond donors (Lipinski definition) is 4. The van der Waals surface area contributed by atoms with Gasteiger partial charge in [-0.15, -0.1) is 5.11 Å². The molecule has 1 atom stereocenters. The second-order valence-corrected chi connectivity index (χ2v) is 6.51. The van der Waals surface area contributed by atoms with Crippen LogP contribution in [0.5, 0.6) is 0 Å². The number of rotatable bonds is 6. The van der Waals surface area contributed by atoms with Gasteiger partial charge in [0, 0.05) is 25.7 Å². The molecular formula is C18H27N5O2. The SMILES string of the molecule is CC(C)C[C@@H](CC(=N)N=N)C(=O)O.Cc1ccc(C2=CCNC2)nc1. The van der Waals surface area contributed by atoms with E-state index in [0.29, 0.717) is 6.42 Å². The second kappa shape index (κ2) is 10.5. The van der Waals surface area contributed by atoms with E-state index < -0.39 is 11.9 Å². The van der Waals surface area contributed by atoms with Gasteiger partial charge in [0.1, 0.15) is 5.84 Å². The van der Waals surface area contributed by atoms with E-state index in [1.807, 2.05) is 20.0 Å². The van der Waals surface area contributed by atoms with Gasteiger partial charge >= 0.3 is 5.97 Å². The van der Waals surface area contributed by atoms with Crippen molar-refractivity contribution in [1.82, 2.24) is 10.3 Å². The van der Waals surface area contributed by atoms with Crippen LogP contribution in [-0.2, 0) is 4.79 Å². The number of pyridine rings is 1. The highest BCUT2D eigenvalue weighted by molar-refractivity contribution is 5.84. The van der Waals surface area contributed by atoms with Crippen LogP contribution in [0.4, 0.5) is 0 Å². The molecule has 1 aliphatic rings. The van der Waals surface area contributed by atoms with Crippen LogP contribution in [0.1, 0.15) is 37.9 Å². The minimum absolute atomic E-state index is 0.0526. The van der Waals surface area contributed by atoms with Crippen molar-refractivity contribution in [3.63, 3.8) is 0 Å². The molecular weight excluding hydrogens is 318 g/mol. The van der Waals surface area contributed by atoms with Crippen molar-refractivity contribution in [2.45, 2.75) is 33.6 Å². The quantitative estimate of drug-likeness (QED) is 0.358. The van der Waals surface area contributed by atoms with Gasteiger partial charge in [-0.3, -0.25) is 15.2 Å². The van der Waals surface area contributed by atoms with Crippen LogP contribution in [0.25, 0.3) is 5.57 Å². The number of carboxylic acids is 1. The van der Waals surface area contributed by atoms with Gasteiger partial charge in [-0.25, -0.2) is 5.53 Å². The van der Waals surface area contributed by atoms with E-state index in [2.05, 4.69) is 40.5 Å². The third-order valence-corrected chi connectivity index (χ3v) is 3.73. The number of aryl methyl sites for hydroxylation is 1. The molecule has 0 amide bonds. The zero-order valence-electron chi connectivity index (χ0n) is 15.0. The molecule has 0 aliphatic carbocycles. The number of nitrogens with one attached hydrogen (secondary N) is 3. The second-order valence-electron chi connectivity index (χ2n) is 6.51. The minimum atomic E-state index is -0.915. The first-order chi connectivity index (χ1) is 11.8. The Morgan fingerprint density at radius 3 is 2.60 bits per heavy atom. The highest BCUT2D eigenvalue weighted by Gasteiger charge is 2.20. The summed E-state index contributed by atoms with van der Waals surface area (Å²) in [7, 11) is 0. The molecule has 1 aromatic heterocycles. The third kappa shape index (κ3) is 7.80. The summed E-state index contributed by atoms with van der Waals surface area (Å²) >= 11 is 0. The average Bonchev–Trinajstić information content (AvgIpc) is 3.09. The Labute approximate surface area is 148 Å². The Kier molecular flexibility index (Phi) is 8.63. The van der Waals surface area contributed by atoms with Crippen LogP contribution in [0.15, 0.2) is 29.5 Å². The number of carboxylic acid groups (broad SMARTS) is 1. The first-order valence-corrected chi connectivity index (χ1v) is 8.34. The van der Waals surface area contributed by atoms with Crippen molar-refractivity contribution in [3.05, 3.63) is 35.7 Å². The Balaban J connectivity index is 0.000000250. The number of nitrogens with zero attached hydrogens (tertiary/aromatic N) is 2. The number of aromatic nitrogens is 1. The summed E-state index contributed by atoms with van der Waals surface area (Å²) in [6.07, 6.45) is 4.68. The van der Waals surface area contributed by atoms with Gasteiger partial charge in [0.15, 0.2) is 0 Å². The molecule has 0 saturated carbocycles. The van der Waals surface area contributed by atoms with Gasteiger partial charge in [0.2, 0.25) is 0 Å². The lowest BCUT2D eigenvalue weighted by atomic mass is 9.94. The first-order valence-electron chi connectivity index (χ1n) is 8.34. The van der Waals surface area contributed by atoms with Crippen molar-refractivity contribution in [1.29, 1.82) is 10.9 Å². The van der Waals surface area contributed by atoms with Crippen LogP contribution < -0.4 is 5.32 Å². The molecule has 7 heteroatoms. The minimum Gasteiger partial charge on any atom is -0.481 e. The lowest BCUT2D eigenvalue weighted by Crippen LogP contribution is -2.18. The Bertz CT molecular complexity index is 623. The Morgan fingerprint density at radius 2 is 2.16 bits per heavy atom. The summed E-state index contributed by atoms with van der Waals surface area (Å²) in [6.45, 7) is 7.84. The van der Waals surface area contributed by atoms with Gasteiger partial charge in [0.05, 0.1) is 11.6 Å². The topological polar surface area (TPSA) is 122 Å². The summed E-state index contributed by atoms with van der Waals surface area (Å²) in [5, 5.41) is 22.0. The summed E-state index contributed by atoms with van der Waals surface area (Å²) in [5.74, 6) is -1.39. The fourth-order valence-corrected chi connectivity index (χ4v) is 2.45. The van der Waals surface area contributed by atoms with Gasteiger partial charge in [-0.2, -0.15) is 0 Å². The molecule has 7 nitrogen and oxygen atoms in total. The average molecular weight is 345 g/mol. The van der Waals surface area contributed by atoms with Crippen LogP contribution in [0.3, 0.4) is 0 Å². The predicted octanol–water partition coefficient (Wildman–Crippen LogP) is 3.51. The molecule has 0 bridgehead atoms. The standard InChI is InChI=1S/C10H12N2.C8H15N3O2/c1-8-2-3-10(12-6-8)9-4-5-11-7-9;1-5(2)3-6(8(12)13)4-7(9)11-10/h2-4,6,11H,5,7H2,1H3;5-6,9-10H,3-4H2,1-2H3,(H,12,13)/t;6-/m.0/s1. The third-order valence-electron chi connectivity index (χ3n) is 3.73. The number of carbonyl (C=O) groups is 1. The van der Waals surface area contributed by atoms with E-state index in [4.69, 9.17) is 16.0 Å². The maximum atomic E-state index is 10.7.